The number of thiazole rings is 1. The van der Waals surface area contributed by atoms with Gasteiger partial charge in [0, 0.05) is 28.4 Å². The summed E-state index contributed by atoms with van der Waals surface area (Å²) >= 11 is 1.66. The molecule has 1 aliphatic carbocycles. The minimum absolute atomic E-state index is 0.334. The van der Waals surface area contributed by atoms with E-state index in [2.05, 4.69) is 10.4 Å². The highest BCUT2D eigenvalue weighted by atomic mass is 32.1. The largest absolute Gasteiger partial charge is 0.465 e. The van der Waals surface area contributed by atoms with E-state index in [4.69, 9.17) is 9.72 Å². The van der Waals surface area contributed by atoms with Gasteiger partial charge in [0.15, 0.2) is 0 Å². The van der Waals surface area contributed by atoms with Crippen molar-refractivity contribution in [3.05, 3.63) is 47.1 Å². The fraction of sp³-hybridized carbons (Fsp3) is 0.278. The number of benzene rings is 1. The SMILES string of the molecule is COC(=O)c1ccc2ncc(-c3nc(C4CCC4)cs3)cc2c1. The molecule has 4 nitrogen and oxygen atoms in total. The van der Waals surface area contributed by atoms with Crippen LogP contribution in [0.15, 0.2) is 35.8 Å². The van der Waals surface area contributed by atoms with Crippen molar-refractivity contribution in [2.45, 2.75) is 25.2 Å². The summed E-state index contributed by atoms with van der Waals surface area (Å²) in [5.41, 5.74) is 3.60. The second-order valence-electron chi connectivity index (χ2n) is 5.83. The van der Waals surface area contributed by atoms with Crippen molar-refractivity contribution < 1.29 is 9.53 Å². The van der Waals surface area contributed by atoms with E-state index in [1.54, 1.807) is 17.4 Å². The number of rotatable bonds is 3. The zero-order valence-electron chi connectivity index (χ0n) is 12.8. The second kappa shape index (κ2) is 5.74. The Morgan fingerprint density at radius 3 is 2.91 bits per heavy atom. The molecular formula is C18H16N2O2S. The van der Waals surface area contributed by atoms with Gasteiger partial charge in [-0.25, -0.2) is 9.78 Å². The fourth-order valence-corrected chi connectivity index (χ4v) is 3.69. The number of fused-ring (bicyclic) bond motifs is 1. The van der Waals surface area contributed by atoms with Gasteiger partial charge in [0.25, 0.3) is 0 Å². The molecule has 0 bridgehead atoms. The van der Waals surface area contributed by atoms with E-state index in [-0.39, 0.29) is 5.97 Å². The molecule has 0 atom stereocenters. The number of pyridine rings is 1. The predicted octanol–water partition coefficient (Wildman–Crippen LogP) is 4.41. The van der Waals surface area contributed by atoms with Crippen molar-refractivity contribution in [2.75, 3.05) is 7.11 Å². The Kier molecular flexibility index (Phi) is 3.58. The summed E-state index contributed by atoms with van der Waals surface area (Å²) in [5, 5.41) is 4.07. The lowest BCUT2D eigenvalue weighted by Crippen LogP contribution is -2.08. The molecule has 0 aliphatic heterocycles. The molecule has 116 valence electrons. The fourth-order valence-electron chi connectivity index (χ4n) is 2.80. The number of hydrogen-bond donors (Lipinski definition) is 0. The molecule has 1 saturated carbocycles. The van der Waals surface area contributed by atoms with Crippen LogP contribution in [0.25, 0.3) is 21.5 Å². The van der Waals surface area contributed by atoms with Crippen LogP contribution in [0, 0.1) is 0 Å². The standard InChI is InChI=1S/C18H16N2O2S/c1-22-18(21)12-5-6-15-13(7-12)8-14(9-19-15)17-20-16(10-23-17)11-3-2-4-11/h5-11H,2-4H2,1H3. The highest BCUT2D eigenvalue weighted by Gasteiger charge is 2.22. The van der Waals surface area contributed by atoms with Crippen LogP contribution in [0.5, 0.6) is 0 Å². The molecule has 0 saturated heterocycles. The van der Waals surface area contributed by atoms with Gasteiger partial charge in [-0.05, 0) is 37.1 Å². The molecule has 3 aromatic rings. The zero-order chi connectivity index (χ0) is 15.8. The quantitative estimate of drug-likeness (QED) is 0.670. The van der Waals surface area contributed by atoms with E-state index in [0.29, 0.717) is 11.5 Å². The van der Waals surface area contributed by atoms with Crippen molar-refractivity contribution in [1.82, 2.24) is 9.97 Å². The molecule has 0 spiro atoms. The van der Waals surface area contributed by atoms with Crippen molar-refractivity contribution in [3.8, 4) is 10.6 Å². The number of hydrogen-bond acceptors (Lipinski definition) is 5. The number of aromatic nitrogens is 2. The third-order valence-electron chi connectivity index (χ3n) is 4.39. The van der Waals surface area contributed by atoms with E-state index < -0.39 is 0 Å². The molecule has 4 rings (SSSR count). The number of esters is 1. The topological polar surface area (TPSA) is 52.1 Å². The maximum absolute atomic E-state index is 11.7. The first kappa shape index (κ1) is 14.3. The van der Waals surface area contributed by atoms with Gasteiger partial charge in [0.05, 0.1) is 23.9 Å². The zero-order valence-corrected chi connectivity index (χ0v) is 13.6. The Hall–Kier alpha value is -2.27. The average Bonchev–Trinajstić information content (AvgIpc) is 3.00. The summed E-state index contributed by atoms with van der Waals surface area (Å²) in [4.78, 5) is 20.9. The van der Waals surface area contributed by atoms with Gasteiger partial charge in [-0.2, -0.15) is 0 Å². The lowest BCUT2D eigenvalue weighted by atomic mass is 9.83. The summed E-state index contributed by atoms with van der Waals surface area (Å²) in [6, 6.07) is 7.43. The van der Waals surface area contributed by atoms with E-state index >= 15 is 0 Å². The normalized spacial score (nSPS) is 14.7. The summed E-state index contributed by atoms with van der Waals surface area (Å²) < 4.78 is 4.78. The van der Waals surface area contributed by atoms with Crippen LogP contribution < -0.4 is 0 Å². The van der Waals surface area contributed by atoms with Crippen LogP contribution in [0.3, 0.4) is 0 Å². The van der Waals surface area contributed by atoms with E-state index in [1.165, 1.54) is 32.1 Å². The van der Waals surface area contributed by atoms with E-state index in [9.17, 15) is 4.79 Å². The van der Waals surface area contributed by atoms with Crippen LogP contribution in [0.2, 0.25) is 0 Å². The van der Waals surface area contributed by atoms with Gasteiger partial charge in [-0.15, -0.1) is 11.3 Å². The van der Waals surface area contributed by atoms with Crippen molar-refractivity contribution >= 4 is 28.2 Å². The molecule has 2 heterocycles. The van der Waals surface area contributed by atoms with Gasteiger partial charge in [-0.1, -0.05) is 6.42 Å². The van der Waals surface area contributed by atoms with E-state index in [1.807, 2.05) is 24.4 Å². The Labute approximate surface area is 138 Å². The van der Waals surface area contributed by atoms with Gasteiger partial charge in [0.2, 0.25) is 0 Å². The van der Waals surface area contributed by atoms with Crippen molar-refractivity contribution in [2.24, 2.45) is 0 Å². The smallest absolute Gasteiger partial charge is 0.337 e. The summed E-state index contributed by atoms with van der Waals surface area (Å²) in [6.45, 7) is 0. The Morgan fingerprint density at radius 2 is 2.17 bits per heavy atom. The predicted molar refractivity (Wildman–Crippen MR) is 90.8 cm³/mol. The molecule has 5 heteroatoms. The van der Waals surface area contributed by atoms with Gasteiger partial charge in [-0.3, -0.25) is 4.98 Å². The summed E-state index contributed by atoms with van der Waals surface area (Å²) in [5.74, 6) is 0.304. The minimum Gasteiger partial charge on any atom is -0.465 e. The number of methoxy groups -OCH3 is 1. The van der Waals surface area contributed by atoms with Gasteiger partial charge in [0.1, 0.15) is 5.01 Å². The van der Waals surface area contributed by atoms with Gasteiger partial charge >= 0.3 is 5.97 Å². The van der Waals surface area contributed by atoms with Crippen LogP contribution in [-0.2, 0) is 4.74 Å². The molecule has 0 radical (unpaired) electrons. The first-order valence-electron chi connectivity index (χ1n) is 7.68. The third-order valence-corrected chi connectivity index (χ3v) is 5.30. The number of carbonyl (C=O) groups is 1. The minimum atomic E-state index is -0.334. The Balaban J connectivity index is 1.72. The lowest BCUT2D eigenvalue weighted by molar-refractivity contribution is 0.0601. The first-order valence-corrected chi connectivity index (χ1v) is 8.56. The van der Waals surface area contributed by atoms with Crippen LogP contribution in [-0.4, -0.2) is 23.0 Å². The molecule has 2 aromatic heterocycles. The molecule has 1 aliphatic rings. The molecule has 1 aromatic carbocycles. The third kappa shape index (κ3) is 2.61. The second-order valence-corrected chi connectivity index (χ2v) is 6.69. The molecule has 1 fully saturated rings. The highest BCUT2D eigenvalue weighted by Crippen LogP contribution is 2.38. The number of nitrogens with zero attached hydrogens (tertiary/aromatic N) is 2. The van der Waals surface area contributed by atoms with Crippen LogP contribution >= 0.6 is 11.3 Å². The van der Waals surface area contributed by atoms with Crippen LogP contribution in [0.1, 0.15) is 41.2 Å². The molecular weight excluding hydrogens is 308 g/mol. The highest BCUT2D eigenvalue weighted by molar-refractivity contribution is 7.13. The summed E-state index contributed by atoms with van der Waals surface area (Å²) in [7, 11) is 1.39. The maximum Gasteiger partial charge on any atom is 0.337 e. The number of ether oxygens (including phenoxy) is 1. The monoisotopic (exact) mass is 324 g/mol. The molecule has 0 unspecified atom stereocenters. The van der Waals surface area contributed by atoms with E-state index in [0.717, 1.165) is 21.5 Å². The molecule has 0 amide bonds. The molecule has 23 heavy (non-hydrogen) atoms. The summed E-state index contributed by atoms with van der Waals surface area (Å²) in [6.07, 6.45) is 5.66. The first-order chi connectivity index (χ1) is 11.2. The Bertz CT molecular complexity index is 884. The number of carbonyl (C=O) groups excluding carboxylic acids is 1. The lowest BCUT2D eigenvalue weighted by Gasteiger charge is -2.22. The van der Waals surface area contributed by atoms with Crippen molar-refractivity contribution in [3.63, 3.8) is 0 Å². The van der Waals surface area contributed by atoms with Crippen molar-refractivity contribution in [1.29, 1.82) is 0 Å². The molecule has 0 N–H and O–H groups in total. The van der Waals surface area contributed by atoms with Gasteiger partial charge < -0.3 is 4.74 Å². The maximum atomic E-state index is 11.7. The Morgan fingerprint density at radius 1 is 1.30 bits per heavy atom. The van der Waals surface area contributed by atoms with Crippen LogP contribution in [0.4, 0.5) is 0 Å². The average molecular weight is 324 g/mol.